The van der Waals surface area contributed by atoms with E-state index in [2.05, 4.69) is 50.0 Å². The first-order valence-electron chi connectivity index (χ1n) is 8.18. The normalized spacial score (nSPS) is 19.3. The van der Waals surface area contributed by atoms with E-state index >= 15 is 0 Å². The molecule has 1 heterocycles. The van der Waals surface area contributed by atoms with Gasteiger partial charge in [-0.25, -0.2) is 0 Å². The van der Waals surface area contributed by atoms with E-state index in [9.17, 15) is 0 Å². The van der Waals surface area contributed by atoms with Crippen LogP contribution in [-0.2, 0) is 6.54 Å². The Labute approximate surface area is 134 Å². The summed E-state index contributed by atoms with van der Waals surface area (Å²) < 4.78 is 0. The summed E-state index contributed by atoms with van der Waals surface area (Å²) >= 11 is 6.51. The van der Waals surface area contributed by atoms with E-state index < -0.39 is 0 Å². The quantitative estimate of drug-likeness (QED) is 0.836. The summed E-state index contributed by atoms with van der Waals surface area (Å²) in [5.74, 6) is 0.828. The minimum absolute atomic E-state index is 0.120. The van der Waals surface area contributed by atoms with Gasteiger partial charge in [-0.1, -0.05) is 37.1 Å². The molecule has 118 valence electrons. The zero-order chi connectivity index (χ0) is 15.5. The van der Waals surface area contributed by atoms with Gasteiger partial charge in [0.05, 0.1) is 10.7 Å². The maximum atomic E-state index is 6.51. The van der Waals surface area contributed by atoms with Crippen molar-refractivity contribution >= 4 is 17.3 Å². The van der Waals surface area contributed by atoms with Gasteiger partial charge in [0.1, 0.15) is 0 Å². The van der Waals surface area contributed by atoms with E-state index in [1.165, 1.54) is 30.5 Å². The van der Waals surface area contributed by atoms with E-state index in [-0.39, 0.29) is 5.54 Å². The van der Waals surface area contributed by atoms with Gasteiger partial charge in [-0.2, -0.15) is 0 Å². The molecule has 1 fully saturated rings. The summed E-state index contributed by atoms with van der Waals surface area (Å²) in [4.78, 5) is 2.49. The second kappa shape index (κ2) is 7.02. The lowest BCUT2D eigenvalue weighted by Gasteiger charge is -2.26. The summed E-state index contributed by atoms with van der Waals surface area (Å²) in [5, 5.41) is 4.47. The summed E-state index contributed by atoms with van der Waals surface area (Å²) in [7, 11) is 0. The molecule has 0 saturated carbocycles. The van der Waals surface area contributed by atoms with Gasteiger partial charge in [-0.3, -0.25) is 0 Å². The van der Waals surface area contributed by atoms with Crippen molar-refractivity contribution in [2.45, 2.75) is 59.0 Å². The van der Waals surface area contributed by atoms with Gasteiger partial charge < -0.3 is 10.2 Å². The number of nitrogens with zero attached hydrogens (tertiary/aromatic N) is 1. The highest BCUT2D eigenvalue weighted by molar-refractivity contribution is 6.33. The largest absolute Gasteiger partial charge is 0.370 e. The molecule has 1 N–H and O–H groups in total. The van der Waals surface area contributed by atoms with Crippen molar-refractivity contribution in [3.05, 3.63) is 28.8 Å². The molecule has 2 rings (SSSR count). The second-order valence-electron chi connectivity index (χ2n) is 7.24. The molecule has 2 nitrogen and oxygen atoms in total. The molecule has 0 aliphatic carbocycles. The third-order valence-electron chi connectivity index (χ3n) is 4.18. The van der Waals surface area contributed by atoms with Crippen LogP contribution in [-0.4, -0.2) is 18.6 Å². The zero-order valence-electron chi connectivity index (χ0n) is 13.9. The summed E-state index contributed by atoms with van der Waals surface area (Å²) in [6.07, 6.45) is 3.90. The molecule has 0 radical (unpaired) electrons. The highest BCUT2D eigenvalue weighted by Crippen LogP contribution is 2.35. The lowest BCUT2D eigenvalue weighted by molar-refractivity contribution is 0.424. The van der Waals surface area contributed by atoms with Crippen LogP contribution in [0.2, 0.25) is 5.02 Å². The SMILES string of the molecule is CCCC1CCN(c2c(Cl)cccc2CNC(C)(C)C)C1. The predicted octanol–water partition coefficient (Wildman–Crippen LogP) is 4.85. The monoisotopic (exact) mass is 308 g/mol. The minimum Gasteiger partial charge on any atom is -0.370 e. The number of benzene rings is 1. The van der Waals surface area contributed by atoms with Crippen molar-refractivity contribution in [1.82, 2.24) is 5.32 Å². The maximum absolute atomic E-state index is 6.51. The summed E-state index contributed by atoms with van der Waals surface area (Å²) in [5.41, 5.74) is 2.68. The van der Waals surface area contributed by atoms with Crippen LogP contribution in [0.25, 0.3) is 0 Å². The van der Waals surface area contributed by atoms with Gasteiger partial charge in [-0.15, -0.1) is 0 Å². The third-order valence-corrected chi connectivity index (χ3v) is 4.48. The topological polar surface area (TPSA) is 15.3 Å². The highest BCUT2D eigenvalue weighted by Gasteiger charge is 2.25. The maximum Gasteiger partial charge on any atom is 0.0642 e. The summed E-state index contributed by atoms with van der Waals surface area (Å²) in [6, 6.07) is 6.28. The fourth-order valence-corrected chi connectivity index (χ4v) is 3.41. The Hall–Kier alpha value is -0.730. The van der Waals surface area contributed by atoms with Gasteiger partial charge >= 0.3 is 0 Å². The van der Waals surface area contributed by atoms with E-state index in [1.54, 1.807) is 0 Å². The molecule has 21 heavy (non-hydrogen) atoms. The lowest BCUT2D eigenvalue weighted by Crippen LogP contribution is -2.35. The number of para-hydroxylation sites is 1. The van der Waals surface area contributed by atoms with Crippen LogP contribution in [0.1, 0.15) is 52.5 Å². The Bertz CT molecular complexity index is 465. The Morgan fingerprint density at radius 1 is 1.33 bits per heavy atom. The molecule has 0 amide bonds. The highest BCUT2D eigenvalue weighted by atomic mass is 35.5. The Balaban J connectivity index is 2.15. The van der Waals surface area contributed by atoms with Gasteiger partial charge in [0.25, 0.3) is 0 Å². The van der Waals surface area contributed by atoms with Crippen molar-refractivity contribution in [1.29, 1.82) is 0 Å². The van der Waals surface area contributed by atoms with Crippen molar-refractivity contribution in [3.63, 3.8) is 0 Å². The molecule has 1 saturated heterocycles. The van der Waals surface area contributed by atoms with Crippen LogP contribution >= 0.6 is 11.6 Å². The molecule has 1 unspecified atom stereocenters. The molecule has 1 aliphatic rings. The Kier molecular flexibility index (Phi) is 5.56. The zero-order valence-corrected chi connectivity index (χ0v) is 14.6. The smallest absolute Gasteiger partial charge is 0.0642 e. The van der Waals surface area contributed by atoms with E-state index in [0.717, 1.165) is 30.6 Å². The molecule has 0 aromatic heterocycles. The number of halogens is 1. The molecule has 1 aromatic rings. The standard InChI is InChI=1S/C18H29ClN2/c1-5-7-14-10-11-21(13-14)17-15(8-6-9-16(17)19)12-20-18(2,3)4/h6,8-9,14,20H,5,7,10-13H2,1-4H3. The van der Waals surface area contributed by atoms with Crippen LogP contribution in [0.5, 0.6) is 0 Å². The number of nitrogens with one attached hydrogen (secondary N) is 1. The van der Waals surface area contributed by atoms with Crippen LogP contribution in [0.15, 0.2) is 18.2 Å². The van der Waals surface area contributed by atoms with Gasteiger partial charge in [0.15, 0.2) is 0 Å². The first-order chi connectivity index (χ1) is 9.90. The molecule has 3 heteroatoms. The van der Waals surface area contributed by atoms with Crippen LogP contribution in [0, 0.1) is 5.92 Å². The number of anilines is 1. The van der Waals surface area contributed by atoms with Crippen LogP contribution in [0.4, 0.5) is 5.69 Å². The Morgan fingerprint density at radius 3 is 2.76 bits per heavy atom. The van der Waals surface area contributed by atoms with E-state index in [4.69, 9.17) is 11.6 Å². The lowest BCUT2D eigenvalue weighted by atomic mass is 10.0. The fraction of sp³-hybridized carbons (Fsp3) is 0.667. The molecule has 0 spiro atoms. The first-order valence-corrected chi connectivity index (χ1v) is 8.56. The van der Waals surface area contributed by atoms with Crippen LogP contribution < -0.4 is 10.2 Å². The molecular formula is C18H29ClN2. The molecule has 1 aliphatic heterocycles. The fourth-order valence-electron chi connectivity index (χ4n) is 3.10. The van der Waals surface area contributed by atoms with Gasteiger partial charge in [0, 0.05) is 25.2 Å². The van der Waals surface area contributed by atoms with E-state index in [0.29, 0.717) is 0 Å². The average Bonchev–Trinajstić information content (AvgIpc) is 2.84. The average molecular weight is 309 g/mol. The minimum atomic E-state index is 0.120. The number of hydrogen-bond donors (Lipinski definition) is 1. The first kappa shape index (κ1) is 16.6. The third kappa shape index (κ3) is 4.62. The van der Waals surface area contributed by atoms with E-state index in [1.807, 2.05) is 6.07 Å². The van der Waals surface area contributed by atoms with Crippen molar-refractivity contribution in [3.8, 4) is 0 Å². The van der Waals surface area contributed by atoms with Crippen LogP contribution in [0.3, 0.4) is 0 Å². The number of rotatable bonds is 5. The Morgan fingerprint density at radius 2 is 2.10 bits per heavy atom. The molecule has 1 atom stereocenters. The van der Waals surface area contributed by atoms with Gasteiger partial charge in [0.2, 0.25) is 0 Å². The molecule has 1 aromatic carbocycles. The predicted molar refractivity (Wildman–Crippen MR) is 93.3 cm³/mol. The number of hydrogen-bond acceptors (Lipinski definition) is 2. The molecule has 0 bridgehead atoms. The van der Waals surface area contributed by atoms with Crippen molar-refractivity contribution in [2.24, 2.45) is 5.92 Å². The van der Waals surface area contributed by atoms with Crippen molar-refractivity contribution < 1.29 is 0 Å². The van der Waals surface area contributed by atoms with Crippen molar-refractivity contribution in [2.75, 3.05) is 18.0 Å². The second-order valence-corrected chi connectivity index (χ2v) is 7.65. The summed E-state index contributed by atoms with van der Waals surface area (Å²) in [6.45, 7) is 12.0. The molecular weight excluding hydrogens is 280 g/mol. The van der Waals surface area contributed by atoms with Gasteiger partial charge in [-0.05, 0) is 51.2 Å².